The van der Waals surface area contributed by atoms with Crippen molar-refractivity contribution >= 4 is 60.5 Å². The molecular formula is C27H25ClN4O2S2. The van der Waals surface area contributed by atoms with Gasteiger partial charge in [0.1, 0.15) is 16.4 Å². The summed E-state index contributed by atoms with van der Waals surface area (Å²) in [5.74, 6) is 2.23. The van der Waals surface area contributed by atoms with E-state index in [9.17, 15) is 4.79 Å². The van der Waals surface area contributed by atoms with Crippen molar-refractivity contribution in [1.29, 1.82) is 0 Å². The largest absolute Gasteiger partial charge is 0.495 e. The van der Waals surface area contributed by atoms with Crippen LogP contribution >= 0.6 is 34.5 Å². The second-order valence-electron chi connectivity index (χ2n) is 9.22. The van der Waals surface area contributed by atoms with Crippen molar-refractivity contribution in [3.8, 4) is 5.75 Å². The predicted molar refractivity (Wildman–Crippen MR) is 149 cm³/mol. The predicted octanol–water partition coefficient (Wildman–Crippen LogP) is 7.31. The molecule has 6 rings (SSSR count). The van der Waals surface area contributed by atoms with Crippen LogP contribution < -0.4 is 14.9 Å². The second kappa shape index (κ2) is 9.84. The number of pyridine rings is 1. The molecule has 184 valence electrons. The van der Waals surface area contributed by atoms with Crippen molar-refractivity contribution < 1.29 is 4.74 Å². The minimum atomic E-state index is -0.0714. The van der Waals surface area contributed by atoms with E-state index in [1.165, 1.54) is 15.5 Å². The first kappa shape index (κ1) is 23.5. The van der Waals surface area contributed by atoms with E-state index in [4.69, 9.17) is 21.3 Å². The molecule has 1 aliphatic rings. The number of hydrogen-bond acceptors (Lipinski definition) is 7. The minimum absolute atomic E-state index is 0.0714. The molecule has 0 aliphatic heterocycles. The fraction of sp³-hybridized carbons (Fsp3) is 0.296. The van der Waals surface area contributed by atoms with Crippen LogP contribution in [-0.2, 0) is 6.54 Å². The molecule has 0 radical (unpaired) electrons. The van der Waals surface area contributed by atoms with Crippen molar-refractivity contribution in [2.45, 2.75) is 44.1 Å². The lowest BCUT2D eigenvalue weighted by Gasteiger charge is -2.27. The molecule has 2 N–H and O–H groups in total. The Balaban J connectivity index is 1.31. The summed E-state index contributed by atoms with van der Waals surface area (Å²) in [5.41, 5.74) is 3.32. The molecule has 36 heavy (non-hydrogen) atoms. The Morgan fingerprint density at radius 1 is 1.11 bits per heavy atom. The molecule has 1 aliphatic carbocycles. The summed E-state index contributed by atoms with van der Waals surface area (Å²) >= 11 is 9.12. The van der Waals surface area contributed by atoms with Gasteiger partial charge in [0.05, 0.1) is 12.1 Å². The zero-order chi connectivity index (χ0) is 24.6. The lowest BCUT2D eigenvalue weighted by Crippen LogP contribution is -2.15. The van der Waals surface area contributed by atoms with Gasteiger partial charge in [-0.25, -0.2) is 4.98 Å². The van der Waals surface area contributed by atoms with E-state index in [0.29, 0.717) is 29.2 Å². The molecule has 5 aromatic rings. The van der Waals surface area contributed by atoms with Gasteiger partial charge in [-0.1, -0.05) is 35.9 Å². The Hall–Kier alpha value is -2.94. The van der Waals surface area contributed by atoms with Gasteiger partial charge in [0.25, 0.3) is 0 Å². The van der Waals surface area contributed by atoms with E-state index in [-0.39, 0.29) is 4.87 Å². The summed E-state index contributed by atoms with van der Waals surface area (Å²) in [5, 5.41) is 6.69. The summed E-state index contributed by atoms with van der Waals surface area (Å²) in [4.78, 5) is 20.6. The highest BCUT2D eigenvalue weighted by molar-refractivity contribution is 7.25. The van der Waals surface area contributed by atoms with Crippen LogP contribution in [0.2, 0.25) is 5.02 Å². The van der Waals surface area contributed by atoms with E-state index in [1.54, 1.807) is 18.4 Å². The van der Waals surface area contributed by atoms with Crippen molar-refractivity contribution in [1.82, 2.24) is 14.3 Å². The van der Waals surface area contributed by atoms with Crippen molar-refractivity contribution in [2.75, 3.05) is 12.4 Å². The summed E-state index contributed by atoms with van der Waals surface area (Å²) in [6.07, 6.45) is 4.06. The maximum Gasteiger partial charge on any atom is 0.323 e. The number of H-pyrrole nitrogens is 1. The molecule has 2 aromatic carbocycles. The molecule has 1 saturated carbocycles. The van der Waals surface area contributed by atoms with Gasteiger partial charge in [-0.2, -0.15) is 4.37 Å². The number of ether oxygens (including phenoxy) is 1. The highest BCUT2D eigenvalue weighted by Crippen LogP contribution is 2.43. The quantitative estimate of drug-likeness (QED) is 0.238. The second-order valence-corrected chi connectivity index (χ2v) is 11.4. The standard InChI is InChI=1S/C27H25ClN4O2S2/c1-34-22-11-6-15(12-19(22)28)14-29-21-13-20(30-26-24(21)18-4-2-3-5-23(18)35-26)16-7-9-17(10-8-16)25-31-27(33)36-32-25/h2-6,11-13,16-17H,7-10,14H2,1H3,(H,29,30)(H,31,32,33). The Bertz CT molecular complexity index is 1600. The first-order chi connectivity index (χ1) is 17.6. The number of nitrogens with one attached hydrogen (secondary N) is 2. The SMILES string of the molecule is COc1ccc(CNc2cc(C3CCC(c4nsc(=O)[nH]4)CC3)nc3sc4ccccc4c23)cc1Cl. The molecular weight excluding hydrogens is 512 g/mol. The van der Waals surface area contributed by atoms with Crippen LogP contribution in [0, 0.1) is 0 Å². The van der Waals surface area contributed by atoms with Gasteiger partial charge in [0, 0.05) is 56.8 Å². The van der Waals surface area contributed by atoms with Gasteiger partial charge in [-0.05, 0) is 55.5 Å². The van der Waals surface area contributed by atoms with E-state index >= 15 is 0 Å². The smallest absolute Gasteiger partial charge is 0.323 e. The third-order valence-electron chi connectivity index (χ3n) is 7.06. The number of aromatic nitrogens is 3. The maximum atomic E-state index is 11.5. The molecule has 0 amide bonds. The first-order valence-electron chi connectivity index (χ1n) is 12.0. The fourth-order valence-corrected chi connectivity index (χ4v) is 7.10. The van der Waals surface area contributed by atoms with Crippen molar-refractivity contribution in [3.63, 3.8) is 0 Å². The number of fused-ring (bicyclic) bond motifs is 3. The molecule has 0 unspecified atom stereocenters. The molecule has 3 heterocycles. The number of thiophene rings is 1. The minimum Gasteiger partial charge on any atom is -0.495 e. The Morgan fingerprint density at radius 2 is 1.92 bits per heavy atom. The third-order valence-corrected chi connectivity index (χ3v) is 8.97. The molecule has 1 fully saturated rings. The van der Waals surface area contributed by atoms with Crippen LogP contribution in [0.1, 0.15) is 54.6 Å². The van der Waals surface area contributed by atoms with Crippen LogP contribution in [0.4, 0.5) is 5.69 Å². The highest BCUT2D eigenvalue weighted by Gasteiger charge is 2.27. The number of methoxy groups -OCH3 is 1. The molecule has 0 atom stereocenters. The number of anilines is 1. The van der Waals surface area contributed by atoms with Crippen LogP contribution in [0.5, 0.6) is 5.75 Å². The zero-order valence-electron chi connectivity index (χ0n) is 19.7. The van der Waals surface area contributed by atoms with Gasteiger partial charge >= 0.3 is 4.87 Å². The van der Waals surface area contributed by atoms with E-state index < -0.39 is 0 Å². The molecule has 6 nitrogen and oxygen atoms in total. The summed E-state index contributed by atoms with van der Waals surface area (Å²) in [6, 6.07) is 16.6. The number of nitrogens with zero attached hydrogens (tertiary/aromatic N) is 2. The van der Waals surface area contributed by atoms with Crippen molar-refractivity contribution in [2.24, 2.45) is 0 Å². The fourth-order valence-electron chi connectivity index (χ4n) is 5.19. The normalized spacial score (nSPS) is 18.1. The lowest BCUT2D eigenvalue weighted by atomic mass is 9.80. The number of aromatic amines is 1. The summed E-state index contributed by atoms with van der Waals surface area (Å²) < 4.78 is 10.9. The van der Waals surface area contributed by atoms with E-state index in [0.717, 1.165) is 64.8 Å². The van der Waals surface area contributed by atoms with Gasteiger partial charge < -0.3 is 10.1 Å². The summed E-state index contributed by atoms with van der Waals surface area (Å²) in [6.45, 7) is 0.649. The Kier molecular flexibility index (Phi) is 6.41. The van der Waals surface area contributed by atoms with Gasteiger partial charge in [0.15, 0.2) is 0 Å². The van der Waals surface area contributed by atoms with Crippen LogP contribution in [0.3, 0.4) is 0 Å². The molecule has 0 saturated heterocycles. The maximum absolute atomic E-state index is 11.5. The number of rotatable bonds is 6. The zero-order valence-corrected chi connectivity index (χ0v) is 22.1. The number of halogens is 1. The average Bonchev–Trinajstić information content (AvgIpc) is 3.51. The molecule has 0 bridgehead atoms. The molecule has 0 spiro atoms. The van der Waals surface area contributed by atoms with E-state index in [1.807, 2.05) is 18.2 Å². The van der Waals surface area contributed by atoms with Gasteiger partial charge in [0.2, 0.25) is 0 Å². The molecule has 3 aromatic heterocycles. The highest BCUT2D eigenvalue weighted by atomic mass is 35.5. The Morgan fingerprint density at radius 3 is 2.67 bits per heavy atom. The first-order valence-corrected chi connectivity index (χ1v) is 14.0. The molecule has 9 heteroatoms. The topological polar surface area (TPSA) is 79.9 Å². The lowest BCUT2D eigenvalue weighted by molar-refractivity contribution is 0.383. The third kappa shape index (κ3) is 4.49. The van der Waals surface area contributed by atoms with Gasteiger partial charge in [-0.15, -0.1) is 11.3 Å². The van der Waals surface area contributed by atoms with Crippen LogP contribution in [0.15, 0.2) is 53.3 Å². The average molecular weight is 537 g/mol. The van der Waals surface area contributed by atoms with Gasteiger partial charge in [-0.3, -0.25) is 9.78 Å². The number of benzene rings is 2. The van der Waals surface area contributed by atoms with Crippen LogP contribution in [-0.4, -0.2) is 21.5 Å². The van der Waals surface area contributed by atoms with Crippen molar-refractivity contribution in [3.05, 3.63) is 80.3 Å². The Labute approximate surface area is 221 Å². The number of hydrogen-bond donors (Lipinski definition) is 2. The summed E-state index contributed by atoms with van der Waals surface area (Å²) in [7, 11) is 1.62. The van der Waals surface area contributed by atoms with Crippen LogP contribution in [0.25, 0.3) is 20.3 Å². The monoisotopic (exact) mass is 536 g/mol. The van der Waals surface area contributed by atoms with E-state index in [2.05, 4.69) is 45.0 Å².